The van der Waals surface area contributed by atoms with Crippen molar-refractivity contribution in [3.63, 3.8) is 0 Å². The van der Waals surface area contributed by atoms with Crippen LogP contribution in [-0.2, 0) is 44.8 Å². The molecular formula is C64H89F2IN14O14S. The minimum Gasteiger partial charge on any atom is -0.494 e. The van der Waals surface area contributed by atoms with E-state index in [1.807, 2.05) is 24.3 Å². The number of unbranched alkanes of at least 4 members (excludes halogenated alkanes) is 2. The molecular weight excluding hydrogens is 1390 g/mol. The van der Waals surface area contributed by atoms with E-state index in [4.69, 9.17) is 4.74 Å². The third-order valence-electron chi connectivity index (χ3n) is 16.4. The average Bonchev–Trinajstić information content (AvgIpc) is 0.924. The second-order valence-electron chi connectivity index (χ2n) is 23.9. The Bertz CT molecular complexity index is 3150. The van der Waals surface area contributed by atoms with Gasteiger partial charge in [0.25, 0.3) is 17.7 Å². The van der Waals surface area contributed by atoms with Crippen molar-refractivity contribution in [2.24, 2.45) is 4.99 Å². The van der Waals surface area contributed by atoms with E-state index in [0.29, 0.717) is 99.7 Å². The number of aliphatic carboxylic acids is 3. The maximum absolute atomic E-state index is 13.9. The van der Waals surface area contributed by atoms with Crippen LogP contribution in [0.25, 0.3) is 10.9 Å². The fraction of sp³-hybridized carbons (Fsp3) is 0.594. The van der Waals surface area contributed by atoms with Crippen molar-refractivity contribution in [1.82, 2.24) is 60.6 Å². The molecule has 2 aromatic carbocycles. The number of pyridine rings is 1. The lowest BCUT2D eigenvalue weighted by Crippen LogP contribution is -2.52. The number of aromatic nitrogens is 1. The number of carboxylic acid groups (broad SMARTS) is 3. The van der Waals surface area contributed by atoms with Crippen molar-refractivity contribution >= 4 is 104 Å². The van der Waals surface area contributed by atoms with Crippen LogP contribution >= 0.6 is 34.4 Å². The van der Waals surface area contributed by atoms with Crippen LogP contribution in [0.3, 0.4) is 0 Å². The number of piperazine rings is 1. The Hall–Kier alpha value is -7.26. The van der Waals surface area contributed by atoms with Gasteiger partial charge in [0.15, 0.2) is 0 Å². The first-order valence-corrected chi connectivity index (χ1v) is 34.5. The van der Waals surface area contributed by atoms with Gasteiger partial charge in [-0.15, -0.1) is 0 Å². The highest BCUT2D eigenvalue weighted by Crippen LogP contribution is 2.32. The number of carboxylic acids is 3. The molecule has 28 nitrogen and oxygen atoms in total. The molecule has 32 heteroatoms. The summed E-state index contributed by atoms with van der Waals surface area (Å²) in [6.45, 7) is 4.25. The maximum atomic E-state index is 13.9. The number of amidine groups is 1. The fourth-order valence-corrected chi connectivity index (χ4v) is 12.4. The number of carbonyl (C=O) groups is 9. The quantitative estimate of drug-likeness (QED) is 0.0182. The van der Waals surface area contributed by atoms with Gasteiger partial charge in [0.1, 0.15) is 23.9 Å². The number of aryl methyl sites for hydroxylation is 1. The number of nitriles is 1. The van der Waals surface area contributed by atoms with Gasteiger partial charge in [0.05, 0.1) is 68.9 Å². The molecule has 3 aromatic rings. The Morgan fingerprint density at radius 3 is 2.00 bits per heavy atom. The number of halogens is 3. The molecule has 0 bridgehead atoms. The molecule has 526 valence electrons. The van der Waals surface area contributed by atoms with Gasteiger partial charge in [-0.05, 0) is 123 Å². The molecule has 0 radical (unpaired) electrons. The highest BCUT2D eigenvalue weighted by molar-refractivity contribution is 14.1. The van der Waals surface area contributed by atoms with Crippen LogP contribution in [-0.4, -0.2) is 299 Å². The summed E-state index contributed by atoms with van der Waals surface area (Å²) in [6, 6.07) is 14.1. The monoisotopic (exact) mass is 1470 g/mol. The first kappa shape index (κ1) is 77.7. The molecule has 3 saturated heterocycles. The summed E-state index contributed by atoms with van der Waals surface area (Å²) in [4.78, 5) is 135. The fourth-order valence-electron chi connectivity index (χ4n) is 11.2. The Morgan fingerprint density at radius 2 is 1.39 bits per heavy atom. The van der Waals surface area contributed by atoms with Gasteiger partial charge in [0.2, 0.25) is 23.6 Å². The van der Waals surface area contributed by atoms with E-state index in [9.17, 15) is 77.6 Å². The number of ether oxygens (including phenoxy) is 1. The topological polar surface area (TPSA) is 364 Å². The van der Waals surface area contributed by atoms with E-state index in [1.54, 1.807) is 55.7 Å². The minimum atomic E-state index is -3.18. The Labute approximate surface area is 575 Å². The molecule has 96 heavy (non-hydrogen) atoms. The Balaban J connectivity index is 0.933. The van der Waals surface area contributed by atoms with Crippen molar-refractivity contribution in [1.29, 1.82) is 5.26 Å². The molecule has 1 unspecified atom stereocenters. The van der Waals surface area contributed by atoms with Gasteiger partial charge in [0, 0.05) is 131 Å². The normalized spacial score (nSPS) is 17.9. The van der Waals surface area contributed by atoms with Crippen LogP contribution in [0.5, 0.6) is 5.75 Å². The van der Waals surface area contributed by atoms with Crippen molar-refractivity contribution in [2.75, 3.05) is 156 Å². The second-order valence-corrected chi connectivity index (χ2v) is 26.3. The van der Waals surface area contributed by atoms with E-state index < -0.39 is 91.1 Å². The number of thioether (sulfide) groups is 1. The molecule has 6 amide bonds. The van der Waals surface area contributed by atoms with Crippen LogP contribution in [0.15, 0.2) is 59.7 Å². The predicted octanol–water partition coefficient (Wildman–Crippen LogP) is 1.53. The Morgan fingerprint density at radius 1 is 0.771 bits per heavy atom. The number of aliphatic imine (C=N–C) groups is 1. The smallest absolute Gasteiger partial charge is 0.317 e. The SMILES string of the molecule is C/C(=N\CCCCC(NC(=O)CN1CCN(CC(=O)O)CCN(CC(=O)O)CCN(CC(=O)O)CC1)C(=O)NCCSC[C@@H](O)C(=O)N1CCN(CCCCOc2ccc3nccc(C(=O)NCC(=O)N4CC(F)(F)C[C@@H]4C#N)c3c2)CC1)NC(=O)CCCc1ccc(I)cc1. The lowest BCUT2D eigenvalue weighted by Gasteiger charge is -2.35. The summed E-state index contributed by atoms with van der Waals surface area (Å²) < 4.78 is 35.0. The first-order chi connectivity index (χ1) is 45.9. The molecule has 6 rings (SSSR count). The third-order valence-corrected chi connectivity index (χ3v) is 18.2. The van der Waals surface area contributed by atoms with Gasteiger partial charge >= 0.3 is 17.9 Å². The summed E-state index contributed by atoms with van der Waals surface area (Å²) in [5, 5.41) is 60.6. The number of amides is 6. The number of nitrogens with zero attached hydrogens (tertiary/aromatic N) is 10. The Kier molecular flexibility index (Phi) is 32.8. The number of likely N-dealkylation sites (tertiary alicyclic amines) is 1. The van der Waals surface area contributed by atoms with Crippen LogP contribution in [0.2, 0.25) is 0 Å². The molecule has 8 N–H and O–H groups in total. The number of rotatable bonds is 34. The summed E-state index contributed by atoms with van der Waals surface area (Å²) >= 11 is 3.52. The van der Waals surface area contributed by atoms with Crippen molar-refractivity contribution < 1.29 is 77.1 Å². The third kappa shape index (κ3) is 28.1. The van der Waals surface area contributed by atoms with E-state index in [1.165, 1.54) is 24.0 Å². The van der Waals surface area contributed by atoms with Crippen LogP contribution in [0, 0.1) is 14.9 Å². The van der Waals surface area contributed by atoms with E-state index in [0.717, 1.165) is 33.4 Å². The largest absolute Gasteiger partial charge is 0.494 e. The number of carbonyl (C=O) groups excluding carboxylic acids is 6. The highest BCUT2D eigenvalue weighted by Gasteiger charge is 2.47. The summed E-state index contributed by atoms with van der Waals surface area (Å²) in [5.41, 5.74) is 1.84. The van der Waals surface area contributed by atoms with Crippen molar-refractivity contribution in [3.8, 4) is 11.8 Å². The zero-order valence-electron chi connectivity index (χ0n) is 54.1. The summed E-state index contributed by atoms with van der Waals surface area (Å²) in [7, 11) is 0. The first-order valence-electron chi connectivity index (χ1n) is 32.2. The number of fused-ring (bicyclic) bond motifs is 1. The van der Waals surface area contributed by atoms with Crippen molar-refractivity contribution in [2.45, 2.75) is 88.8 Å². The molecule has 0 aliphatic carbocycles. The number of benzene rings is 2. The summed E-state index contributed by atoms with van der Waals surface area (Å²) in [6.07, 6.45) is 3.82. The lowest BCUT2D eigenvalue weighted by molar-refractivity contribution is -0.141. The molecule has 0 saturated carbocycles. The van der Waals surface area contributed by atoms with E-state index in [2.05, 4.69) is 58.7 Å². The number of aliphatic hydroxyl groups is 1. The van der Waals surface area contributed by atoms with Gasteiger partial charge in [-0.2, -0.15) is 17.0 Å². The highest BCUT2D eigenvalue weighted by atomic mass is 127. The minimum absolute atomic E-state index is 0.0747. The van der Waals surface area contributed by atoms with Crippen molar-refractivity contribution in [3.05, 3.63) is 69.4 Å². The van der Waals surface area contributed by atoms with Crippen LogP contribution in [0.4, 0.5) is 8.78 Å². The number of hydrogen-bond donors (Lipinski definition) is 8. The van der Waals surface area contributed by atoms with E-state index >= 15 is 0 Å². The lowest BCUT2D eigenvalue weighted by atomic mass is 10.1. The average molecular weight is 1480 g/mol. The molecule has 3 atom stereocenters. The molecule has 0 spiro atoms. The number of aliphatic hydroxyl groups excluding tert-OH is 1. The van der Waals surface area contributed by atoms with Gasteiger partial charge in [-0.25, -0.2) is 8.78 Å². The predicted molar refractivity (Wildman–Crippen MR) is 362 cm³/mol. The number of hydrogen-bond acceptors (Lipinski definition) is 20. The zero-order chi connectivity index (χ0) is 69.6. The standard InChI is InChI=1S/C64H89F2IN14O14S/c1-45(73-55(83)9-6-7-46-10-12-47(67)13-11-46)69-17-3-2-8-53(74-56(84)39-76-21-23-77(40-58(86)87)25-27-79(42-60(90)91)28-26-78(24-22-76)41-59(88)89)62(93)71-19-34-96-43-54(82)63(94)80-31-29-75(30-32-80)20-4-5-33-95-49-14-15-52-51(35-49)50(16-18-70-52)61(92)72-38-57(85)81-44-64(65,66)36-48(81)37-68/h10-16,18,35,48,53-54,82H,2-9,17,19-34,36,38-44H2,1H3,(H,71,93)(H,72,92)(H,74,84)(H,86,87)(H,88,89)(H,90,91)(H,69,73,83)/t48-,53?,54-/m1/s1. The molecule has 3 aliphatic heterocycles. The zero-order valence-corrected chi connectivity index (χ0v) is 57.1. The molecule has 1 aromatic heterocycles. The van der Waals surface area contributed by atoms with Gasteiger partial charge in [-0.3, -0.25) is 77.6 Å². The van der Waals surface area contributed by atoms with Crippen LogP contribution < -0.4 is 26.0 Å². The molecule has 3 aliphatic rings. The van der Waals surface area contributed by atoms with Crippen LogP contribution in [0.1, 0.15) is 74.2 Å². The maximum Gasteiger partial charge on any atom is 0.317 e. The molecule has 3 fully saturated rings. The molecule has 4 heterocycles. The van der Waals surface area contributed by atoms with Gasteiger partial charge in [-0.1, -0.05) is 12.1 Å². The summed E-state index contributed by atoms with van der Waals surface area (Å²) in [5.74, 6) is -8.02. The second kappa shape index (κ2) is 40.5. The number of nitrogens with one attached hydrogen (secondary N) is 4. The number of alkyl halides is 2. The van der Waals surface area contributed by atoms with Gasteiger partial charge < -0.3 is 56.2 Å². The van der Waals surface area contributed by atoms with E-state index in [-0.39, 0.29) is 109 Å².